The van der Waals surface area contributed by atoms with Crippen molar-refractivity contribution in [3.8, 4) is 12.1 Å². The van der Waals surface area contributed by atoms with E-state index in [-0.39, 0.29) is 5.92 Å². The zero-order chi connectivity index (χ0) is 22.7. The lowest BCUT2D eigenvalue weighted by Gasteiger charge is -2.32. The summed E-state index contributed by atoms with van der Waals surface area (Å²) in [6, 6.07) is 9.97. The molecule has 1 aromatic carbocycles. The van der Waals surface area contributed by atoms with Gasteiger partial charge in [-0.1, -0.05) is 31.4 Å². The molecular formula is C24H27N5O3. The molecule has 8 heteroatoms. The number of amides is 2. The summed E-state index contributed by atoms with van der Waals surface area (Å²) in [7, 11) is 0. The maximum Gasteiger partial charge on any atom is 0.405 e. The zero-order valence-corrected chi connectivity index (χ0v) is 18.0. The first-order valence-electron chi connectivity index (χ1n) is 11.2. The molecule has 5 rings (SSSR count). The predicted molar refractivity (Wildman–Crippen MR) is 117 cm³/mol. The van der Waals surface area contributed by atoms with Crippen molar-refractivity contribution in [2.24, 2.45) is 5.92 Å². The Hall–Kier alpha value is -3.52. The van der Waals surface area contributed by atoms with Crippen LogP contribution in [0.4, 0.5) is 4.79 Å². The number of hydrogen-bond acceptors (Lipinski definition) is 4. The highest BCUT2D eigenvalue weighted by Crippen LogP contribution is 2.34. The number of hydrogen-bond donors (Lipinski definition) is 3. The van der Waals surface area contributed by atoms with Crippen LogP contribution in [0.3, 0.4) is 0 Å². The van der Waals surface area contributed by atoms with Gasteiger partial charge in [0.25, 0.3) is 0 Å². The van der Waals surface area contributed by atoms with Crippen LogP contribution in [-0.4, -0.2) is 39.1 Å². The topological polar surface area (TPSA) is 133 Å². The maximum absolute atomic E-state index is 12.8. The van der Waals surface area contributed by atoms with E-state index in [0.717, 1.165) is 36.7 Å². The smallest absolute Gasteiger partial charge is 0.405 e. The molecular weight excluding hydrogens is 406 g/mol. The van der Waals surface area contributed by atoms with Crippen molar-refractivity contribution in [2.75, 3.05) is 6.54 Å². The largest absolute Gasteiger partial charge is 0.465 e. The van der Waals surface area contributed by atoms with Gasteiger partial charge in [-0.2, -0.15) is 10.5 Å². The Morgan fingerprint density at radius 2 is 1.94 bits per heavy atom. The first kappa shape index (κ1) is 21.7. The number of fused-ring (bicyclic) bond motifs is 3. The lowest BCUT2D eigenvalue weighted by atomic mass is 9.87. The summed E-state index contributed by atoms with van der Waals surface area (Å²) in [5, 5.41) is 29.0. The molecule has 1 aliphatic heterocycles. The molecule has 2 aliphatic carbocycles. The lowest BCUT2D eigenvalue weighted by molar-refractivity contribution is -0.137. The number of benzene rings is 1. The molecule has 1 aromatic heterocycles. The second kappa shape index (κ2) is 8.92. The second-order valence-corrected chi connectivity index (χ2v) is 8.89. The number of carboxylic acid groups (broad SMARTS) is 1. The van der Waals surface area contributed by atoms with Crippen LogP contribution in [0.15, 0.2) is 18.2 Å². The minimum atomic E-state index is -1.12. The first-order valence-corrected chi connectivity index (χ1v) is 11.2. The van der Waals surface area contributed by atoms with E-state index in [0.29, 0.717) is 30.9 Å². The van der Waals surface area contributed by atoms with E-state index >= 15 is 0 Å². The molecule has 0 radical (unpaired) electrons. The Morgan fingerprint density at radius 3 is 2.53 bits per heavy atom. The van der Waals surface area contributed by atoms with Crippen LogP contribution in [0.5, 0.6) is 0 Å². The Bertz CT molecular complexity index is 1110. The number of aromatic nitrogens is 1. The molecule has 0 saturated heterocycles. The number of nitrogens with zero attached hydrogens (tertiary/aromatic N) is 3. The number of H-pyrrole nitrogens is 1. The van der Waals surface area contributed by atoms with Gasteiger partial charge in [-0.05, 0) is 31.7 Å². The molecule has 2 aromatic rings. The standard InChI is InChI=1S/C19H21N3O.C5H6N2O2/c20-11-14-7-4-8-15-16-12-22(10-9-17(16)21-18(14)15)19(23)13-5-2-1-3-6-13;6-3-5(1-2-5)7-4(8)9/h4,7-8,13,21H,1-3,5-6,9-10,12H2;7H,1-2H2,(H,8,9). The van der Waals surface area contributed by atoms with E-state index < -0.39 is 11.6 Å². The number of para-hydroxylation sites is 1. The Morgan fingerprint density at radius 1 is 1.19 bits per heavy atom. The molecule has 166 valence electrons. The zero-order valence-electron chi connectivity index (χ0n) is 18.0. The van der Waals surface area contributed by atoms with Gasteiger partial charge >= 0.3 is 6.09 Å². The van der Waals surface area contributed by atoms with E-state index in [9.17, 15) is 14.9 Å². The van der Waals surface area contributed by atoms with E-state index in [2.05, 4.69) is 22.4 Å². The third-order valence-electron chi connectivity index (χ3n) is 6.71. The summed E-state index contributed by atoms with van der Waals surface area (Å²) >= 11 is 0. The molecule has 0 bridgehead atoms. The summed E-state index contributed by atoms with van der Waals surface area (Å²) in [5.74, 6) is 0.561. The van der Waals surface area contributed by atoms with Gasteiger partial charge in [0.15, 0.2) is 0 Å². The molecule has 32 heavy (non-hydrogen) atoms. The van der Waals surface area contributed by atoms with E-state index in [1.165, 1.54) is 30.5 Å². The molecule has 2 fully saturated rings. The van der Waals surface area contributed by atoms with Crippen molar-refractivity contribution in [2.45, 2.75) is 63.5 Å². The summed E-state index contributed by atoms with van der Waals surface area (Å²) in [4.78, 5) is 28.2. The lowest BCUT2D eigenvalue weighted by Crippen LogP contribution is -2.40. The molecule has 0 atom stereocenters. The summed E-state index contributed by atoms with van der Waals surface area (Å²) < 4.78 is 0. The average Bonchev–Trinajstić information content (AvgIpc) is 3.49. The van der Waals surface area contributed by atoms with E-state index in [4.69, 9.17) is 10.4 Å². The van der Waals surface area contributed by atoms with Gasteiger partial charge in [0, 0.05) is 42.1 Å². The fourth-order valence-corrected chi connectivity index (χ4v) is 4.72. The van der Waals surface area contributed by atoms with Crippen LogP contribution < -0.4 is 5.32 Å². The van der Waals surface area contributed by atoms with Crippen LogP contribution in [0.25, 0.3) is 10.9 Å². The molecule has 2 heterocycles. The number of carbonyl (C=O) groups is 2. The molecule has 2 saturated carbocycles. The van der Waals surface area contributed by atoms with Crippen molar-refractivity contribution in [3.63, 3.8) is 0 Å². The third kappa shape index (κ3) is 4.40. The van der Waals surface area contributed by atoms with Crippen LogP contribution in [0.2, 0.25) is 0 Å². The number of aromatic amines is 1. The van der Waals surface area contributed by atoms with Crippen molar-refractivity contribution in [3.05, 3.63) is 35.0 Å². The van der Waals surface area contributed by atoms with Gasteiger partial charge < -0.3 is 20.3 Å². The highest BCUT2D eigenvalue weighted by molar-refractivity contribution is 5.90. The minimum absolute atomic E-state index is 0.227. The summed E-state index contributed by atoms with van der Waals surface area (Å²) in [6.45, 7) is 1.47. The summed E-state index contributed by atoms with van der Waals surface area (Å²) in [5.41, 5.74) is 3.27. The first-order chi connectivity index (χ1) is 15.5. The number of rotatable bonds is 2. The van der Waals surface area contributed by atoms with Gasteiger partial charge in [-0.15, -0.1) is 0 Å². The SMILES string of the molecule is N#CC1(NC(=O)O)CC1.N#Cc1cccc2c3c([nH]c12)CCN(C(=O)C1CCCCC1)C3. The normalized spacial score (nSPS) is 19.0. The Balaban J connectivity index is 0.000000230. The second-order valence-electron chi connectivity index (χ2n) is 8.89. The molecule has 3 aliphatic rings. The Labute approximate surface area is 186 Å². The van der Waals surface area contributed by atoms with Crippen LogP contribution in [-0.2, 0) is 17.8 Å². The average molecular weight is 434 g/mol. The van der Waals surface area contributed by atoms with E-state index in [1.807, 2.05) is 23.1 Å². The molecule has 2 amide bonds. The quantitative estimate of drug-likeness (QED) is 0.662. The molecule has 0 unspecified atom stereocenters. The summed E-state index contributed by atoms with van der Waals surface area (Å²) in [6.07, 6.45) is 6.78. The van der Waals surface area contributed by atoms with Crippen LogP contribution in [0.1, 0.15) is 61.8 Å². The fraction of sp³-hybridized carbons (Fsp3) is 0.500. The molecule has 0 spiro atoms. The van der Waals surface area contributed by atoms with Crippen molar-refractivity contribution >= 4 is 22.9 Å². The van der Waals surface area contributed by atoms with Crippen LogP contribution >= 0.6 is 0 Å². The van der Waals surface area contributed by atoms with Gasteiger partial charge in [-0.3, -0.25) is 4.79 Å². The predicted octanol–water partition coefficient (Wildman–Crippen LogP) is 3.81. The third-order valence-corrected chi connectivity index (χ3v) is 6.71. The fourth-order valence-electron chi connectivity index (χ4n) is 4.72. The Kier molecular flexibility index (Phi) is 6.05. The van der Waals surface area contributed by atoms with Gasteiger partial charge in [-0.25, -0.2) is 4.79 Å². The maximum atomic E-state index is 12.8. The van der Waals surface area contributed by atoms with Crippen molar-refractivity contribution in [1.29, 1.82) is 10.5 Å². The van der Waals surface area contributed by atoms with Gasteiger partial charge in [0.05, 0.1) is 17.1 Å². The van der Waals surface area contributed by atoms with Gasteiger partial charge in [0.2, 0.25) is 5.91 Å². The highest BCUT2D eigenvalue weighted by Gasteiger charge is 2.44. The van der Waals surface area contributed by atoms with Gasteiger partial charge in [0.1, 0.15) is 11.6 Å². The number of nitriles is 2. The monoisotopic (exact) mass is 433 g/mol. The minimum Gasteiger partial charge on any atom is -0.465 e. The van der Waals surface area contributed by atoms with Crippen molar-refractivity contribution in [1.82, 2.24) is 15.2 Å². The molecule has 3 N–H and O–H groups in total. The number of carbonyl (C=O) groups excluding carboxylic acids is 1. The highest BCUT2D eigenvalue weighted by atomic mass is 16.4. The van der Waals surface area contributed by atoms with E-state index in [1.54, 1.807) is 0 Å². The molecule has 8 nitrogen and oxygen atoms in total. The number of nitrogens with one attached hydrogen (secondary N) is 2. The van der Waals surface area contributed by atoms with Crippen LogP contribution in [0, 0.1) is 28.6 Å². The van der Waals surface area contributed by atoms with Crippen molar-refractivity contribution < 1.29 is 14.7 Å².